The summed E-state index contributed by atoms with van der Waals surface area (Å²) in [5.74, 6) is 2.17. The van der Waals surface area contributed by atoms with Crippen LogP contribution in [0.1, 0.15) is 11.3 Å². The molecule has 0 atom stereocenters. The molecule has 0 radical (unpaired) electrons. The van der Waals surface area contributed by atoms with E-state index in [0.717, 1.165) is 16.8 Å². The number of hydrogen-bond acceptors (Lipinski definition) is 7. The summed E-state index contributed by atoms with van der Waals surface area (Å²) in [6.07, 6.45) is 7.02. The molecule has 128 valence electrons. The Balaban J connectivity index is 1.46. The third kappa shape index (κ3) is 3.51. The summed E-state index contributed by atoms with van der Waals surface area (Å²) in [6.45, 7) is 0. The first-order valence-corrected chi connectivity index (χ1v) is 7.97. The maximum atomic E-state index is 5.87. The van der Waals surface area contributed by atoms with E-state index in [4.69, 9.17) is 15.0 Å². The lowest BCUT2D eigenvalue weighted by atomic mass is 10.1. The van der Waals surface area contributed by atoms with Gasteiger partial charge in [-0.3, -0.25) is 4.98 Å². The number of aromatic nitrogens is 4. The van der Waals surface area contributed by atoms with Crippen molar-refractivity contribution in [3.05, 3.63) is 78.5 Å². The monoisotopic (exact) mass is 345 g/mol. The molecule has 7 nitrogen and oxygen atoms in total. The third-order valence-corrected chi connectivity index (χ3v) is 3.73. The number of nitrogens with two attached hydrogens (primary N) is 1. The van der Waals surface area contributed by atoms with Crippen molar-refractivity contribution < 1.29 is 9.26 Å². The number of benzene rings is 1. The smallest absolute Gasteiger partial charge is 0.237 e. The fourth-order valence-corrected chi connectivity index (χ4v) is 2.49. The lowest BCUT2D eigenvalue weighted by molar-refractivity contribution is 0.425. The number of ether oxygens (including phenoxy) is 1. The summed E-state index contributed by atoms with van der Waals surface area (Å²) >= 11 is 0. The molecule has 0 amide bonds. The van der Waals surface area contributed by atoms with Gasteiger partial charge in [-0.05, 0) is 29.8 Å². The van der Waals surface area contributed by atoms with Gasteiger partial charge in [-0.15, -0.1) is 0 Å². The van der Waals surface area contributed by atoms with E-state index in [0.29, 0.717) is 29.6 Å². The normalized spacial score (nSPS) is 10.6. The van der Waals surface area contributed by atoms with Gasteiger partial charge in [0.1, 0.15) is 11.6 Å². The molecule has 0 bridgehead atoms. The fraction of sp³-hybridized carbons (Fsp3) is 0.0526. The Bertz CT molecular complexity index is 1000. The highest BCUT2D eigenvalue weighted by atomic mass is 16.5. The van der Waals surface area contributed by atoms with Crippen molar-refractivity contribution in [3.63, 3.8) is 0 Å². The van der Waals surface area contributed by atoms with E-state index < -0.39 is 0 Å². The van der Waals surface area contributed by atoms with E-state index >= 15 is 0 Å². The molecule has 4 aromatic rings. The molecule has 2 N–H and O–H groups in total. The lowest BCUT2D eigenvalue weighted by Crippen LogP contribution is -1.92. The molecule has 7 heteroatoms. The van der Waals surface area contributed by atoms with Gasteiger partial charge in [0.2, 0.25) is 5.88 Å². The molecular formula is C19H15N5O2. The highest BCUT2D eigenvalue weighted by molar-refractivity contribution is 5.69. The fourth-order valence-electron chi connectivity index (χ4n) is 2.49. The molecule has 3 heterocycles. The minimum atomic E-state index is 0.417. The van der Waals surface area contributed by atoms with Crippen LogP contribution in [0.25, 0.3) is 11.3 Å². The second-order valence-electron chi connectivity index (χ2n) is 5.59. The summed E-state index contributed by atoms with van der Waals surface area (Å²) < 4.78 is 11.0. The predicted molar refractivity (Wildman–Crippen MR) is 95.5 cm³/mol. The summed E-state index contributed by atoms with van der Waals surface area (Å²) in [4.78, 5) is 12.1. The molecular weight excluding hydrogens is 330 g/mol. The van der Waals surface area contributed by atoms with Crippen LogP contribution in [0.5, 0.6) is 11.6 Å². The van der Waals surface area contributed by atoms with Gasteiger partial charge in [0.05, 0.1) is 17.5 Å². The number of anilines is 1. The third-order valence-electron chi connectivity index (χ3n) is 3.73. The minimum absolute atomic E-state index is 0.417. The topological polar surface area (TPSA) is 100.0 Å². The van der Waals surface area contributed by atoms with E-state index in [2.05, 4.69) is 20.1 Å². The summed E-state index contributed by atoms with van der Waals surface area (Å²) in [6, 6.07) is 13.2. The van der Waals surface area contributed by atoms with Crippen LogP contribution in [0.3, 0.4) is 0 Å². The van der Waals surface area contributed by atoms with Crippen molar-refractivity contribution in [2.45, 2.75) is 6.42 Å². The van der Waals surface area contributed by atoms with Crippen LogP contribution in [0, 0.1) is 0 Å². The van der Waals surface area contributed by atoms with Gasteiger partial charge in [0, 0.05) is 31.1 Å². The summed E-state index contributed by atoms with van der Waals surface area (Å²) in [5.41, 5.74) is 8.50. The van der Waals surface area contributed by atoms with Crippen LogP contribution < -0.4 is 10.5 Å². The van der Waals surface area contributed by atoms with Crippen LogP contribution in [0.15, 0.2) is 71.8 Å². The van der Waals surface area contributed by atoms with Crippen molar-refractivity contribution in [1.82, 2.24) is 20.1 Å². The minimum Gasteiger partial charge on any atom is -0.438 e. The van der Waals surface area contributed by atoms with Crippen LogP contribution >= 0.6 is 0 Å². The predicted octanol–water partition coefficient (Wildman–Crippen LogP) is 3.49. The summed E-state index contributed by atoms with van der Waals surface area (Å²) in [7, 11) is 0. The van der Waals surface area contributed by atoms with Gasteiger partial charge in [0.15, 0.2) is 5.76 Å². The average molecular weight is 345 g/mol. The zero-order valence-corrected chi connectivity index (χ0v) is 13.7. The first-order valence-electron chi connectivity index (χ1n) is 7.97. The van der Waals surface area contributed by atoms with Crippen molar-refractivity contribution >= 4 is 5.82 Å². The number of pyridine rings is 1. The Morgan fingerprint density at radius 2 is 1.88 bits per heavy atom. The number of nitrogens with zero attached hydrogens (tertiary/aromatic N) is 4. The Kier molecular flexibility index (Phi) is 4.26. The molecule has 26 heavy (non-hydrogen) atoms. The Hall–Kier alpha value is -3.74. The van der Waals surface area contributed by atoms with Gasteiger partial charge in [-0.2, -0.15) is 0 Å². The van der Waals surface area contributed by atoms with Crippen LogP contribution in [0.4, 0.5) is 5.82 Å². The first kappa shape index (κ1) is 15.8. The number of rotatable bonds is 5. The Morgan fingerprint density at radius 3 is 2.65 bits per heavy atom. The quantitative estimate of drug-likeness (QED) is 0.591. The molecule has 1 aromatic carbocycles. The molecule has 4 rings (SSSR count). The molecule has 0 saturated heterocycles. The Morgan fingerprint density at radius 1 is 1.00 bits per heavy atom. The molecule has 0 aliphatic heterocycles. The van der Waals surface area contributed by atoms with Gasteiger partial charge >= 0.3 is 0 Å². The van der Waals surface area contributed by atoms with E-state index in [1.807, 2.05) is 42.5 Å². The van der Waals surface area contributed by atoms with Gasteiger partial charge in [-0.25, -0.2) is 9.97 Å². The molecule has 0 saturated carbocycles. The summed E-state index contributed by atoms with van der Waals surface area (Å²) in [5, 5.41) is 4.11. The number of nitrogen functional groups attached to an aromatic ring is 1. The van der Waals surface area contributed by atoms with Gasteiger partial charge in [-0.1, -0.05) is 17.3 Å². The largest absolute Gasteiger partial charge is 0.438 e. The molecule has 0 aliphatic rings. The molecule has 0 unspecified atom stereocenters. The Labute approximate surface area is 149 Å². The van der Waals surface area contributed by atoms with Crippen molar-refractivity contribution in [2.24, 2.45) is 0 Å². The van der Waals surface area contributed by atoms with E-state index in [1.54, 1.807) is 24.8 Å². The first-order chi connectivity index (χ1) is 12.8. The number of hydrogen-bond donors (Lipinski definition) is 1. The highest BCUT2D eigenvalue weighted by Gasteiger charge is 2.10. The van der Waals surface area contributed by atoms with E-state index in [1.165, 1.54) is 0 Å². The van der Waals surface area contributed by atoms with Crippen LogP contribution in [-0.4, -0.2) is 20.1 Å². The molecule has 0 spiro atoms. The second kappa shape index (κ2) is 7.02. The second-order valence-corrected chi connectivity index (χ2v) is 5.59. The SMILES string of the molecule is Nc1ncccc1-c1cc(Cc2ccc(Oc3cnccn3)cc2)no1. The molecule has 0 aliphatic carbocycles. The van der Waals surface area contributed by atoms with Crippen molar-refractivity contribution in [1.29, 1.82) is 0 Å². The molecule has 0 fully saturated rings. The zero-order valence-electron chi connectivity index (χ0n) is 13.7. The van der Waals surface area contributed by atoms with E-state index in [9.17, 15) is 0 Å². The average Bonchev–Trinajstić information content (AvgIpc) is 3.13. The lowest BCUT2D eigenvalue weighted by Gasteiger charge is -2.04. The van der Waals surface area contributed by atoms with Gasteiger partial charge < -0.3 is 15.0 Å². The maximum absolute atomic E-state index is 5.87. The standard InChI is InChI=1S/C19H15N5O2/c20-19-16(2-1-7-23-19)17-11-14(24-26-17)10-13-3-5-15(6-4-13)25-18-12-21-8-9-22-18/h1-9,11-12H,10H2,(H2,20,23). The van der Waals surface area contributed by atoms with Crippen LogP contribution in [0.2, 0.25) is 0 Å². The highest BCUT2D eigenvalue weighted by Crippen LogP contribution is 2.26. The van der Waals surface area contributed by atoms with E-state index in [-0.39, 0.29) is 0 Å². The van der Waals surface area contributed by atoms with Crippen LogP contribution in [-0.2, 0) is 6.42 Å². The van der Waals surface area contributed by atoms with Crippen molar-refractivity contribution in [2.75, 3.05) is 5.73 Å². The molecule has 3 aromatic heterocycles. The zero-order chi connectivity index (χ0) is 17.8. The van der Waals surface area contributed by atoms with Gasteiger partial charge in [0.25, 0.3) is 0 Å². The maximum Gasteiger partial charge on any atom is 0.237 e. The van der Waals surface area contributed by atoms with Crippen molar-refractivity contribution in [3.8, 4) is 23.0 Å².